The van der Waals surface area contributed by atoms with Gasteiger partial charge in [0, 0.05) is 44.1 Å². The van der Waals surface area contributed by atoms with Gasteiger partial charge in [0.1, 0.15) is 0 Å². The predicted octanol–water partition coefficient (Wildman–Crippen LogP) is 2.80. The van der Waals surface area contributed by atoms with Crippen molar-refractivity contribution in [3.63, 3.8) is 0 Å². The third-order valence-electron chi connectivity index (χ3n) is 4.11. The van der Waals surface area contributed by atoms with Gasteiger partial charge in [0.15, 0.2) is 5.96 Å². The smallest absolute Gasteiger partial charge is 0.232 e. The van der Waals surface area contributed by atoms with Crippen LogP contribution in [-0.2, 0) is 0 Å². The molecule has 0 aliphatic rings. The Hall–Kier alpha value is -2.89. The topological polar surface area (TPSA) is 79.4 Å². The van der Waals surface area contributed by atoms with Crippen LogP contribution in [0.15, 0.2) is 41.0 Å². The molecule has 0 fully saturated rings. The van der Waals surface area contributed by atoms with E-state index in [2.05, 4.69) is 45.4 Å². The number of aromatic nitrogens is 2. The summed E-state index contributed by atoms with van der Waals surface area (Å²) in [5.74, 6) is 0.967. The molecule has 26 heavy (non-hydrogen) atoms. The molecule has 0 saturated carbocycles. The minimum absolute atomic E-state index is 0.404. The highest BCUT2D eigenvalue weighted by atomic mass is 15.3. The Morgan fingerprint density at radius 2 is 1.85 bits per heavy atom. The maximum Gasteiger partial charge on any atom is 0.232 e. The molecule has 0 radical (unpaired) electrons. The zero-order chi connectivity index (χ0) is 19.1. The zero-order valence-electron chi connectivity index (χ0n) is 16.2. The fourth-order valence-electron chi connectivity index (χ4n) is 2.56. The van der Waals surface area contributed by atoms with Crippen molar-refractivity contribution in [1.82, 2.24) is 15.3 Å². The fraction of sp³-hybridized carbons (Fsp3) is 0.350. The number of nitrogens with one attached hydrogen (secondary N) is 1. The molecular formula is C20H28N6. The second-order valence-electron chi connectivity index (χ2n) is 6.28. The lowest BCUT2D eigenvalue weighted by molar-refractivity contribution is 0.849. The second-order valence-corrected chi connectivity index (χ2v) is 6.28. The first-order valence-corrected chi connectivity index (χ1v) is 8.70. The van der Waals surface area contributed by atoms with E-state index in [1.165, 1.54) is 11.1 Å². The first kappa shape index (κ1) is 19.4. The molecule has 6 heteroatoms. The average Bonchev–Trinajstić information content (AvgIpc) is 2.60. The normalized spacial score (nSPS) is 12.2. The number of guanidine groups is 1. The molecular weight excluding hydrogens is 324 g/mol. The van der Waals surface area contributed by atoms with Crippen LogP contribution in [0.25, 0.3) is 6.08 Å². The first-order chi connectivity index (χ1) is 12.4. The SMILES string of the molecule is CN/C(=C\c1ccccc1C)CCN=C(N)N(C)c1nc(C)cc(C)n1. The summed E-state index contributed by atoms with van der Waals surface area (Å²) in [6.07, 6.45) is 2.92. The fourth-order valence-corrected chi connectivity index (χ4v) is 2.56. The summed E-state index contributed by atoms with van der Waals surface area (Å²) in [4.78, 5) is 15.0. The molecule has 1 aromatic carbocycles. The van der Waals surface area contributed by atoms with Gasteiger partial charge in [-0.2, -0.15) is 0 Å². The van der Waals surface area contributed by atoms with Crippen molar-refractivity contribution in [2.45, 2.75) is 27.2 Å². The van der Waals surface area contributed by atoms with Gasteiger partial charge in [0.25, 0.3) is 0 Å². The van der Waals surface area contributed by atoms with Crippen molar-refractivity contribution in [3.05, 3.63) is 58.5 Å². The number of nitrogens with two attached hydrogens (primary N) is 1. The summed E-state index contributed by atoms with van der Waals surface area (Å²) in [6.45, 7) is 6.57. The number of benzene rings is 1. The Morgan fingerprint density at radius 3 is 2.46 bits per heavy atom. The van der Waals surface area contributed by atoms with Crippen molar-refractivity contribution in [1.29, 1.82) is 0 Å². The molecule has 0 aliphatic carbocycles. The van der Waals surface area contributed by atoms with Crippen LogP contribution < -0.4 is 16.0 Å². The first-order valence-electron chi connectivity index (χ1n) is 8.70. The summed E-state index contributed by atoms with van der Waals surface area (Å²) in [5, 5.41) is 3.24. The van der Waals surface area contributed by atoms with E-state index in [1.54, 1.807) is 4.90 Å². The standard InChI is InChI=1S/C20H28N6/c1-14-8-6-7-9-17(14)13-18(22-4)10-11-23-19(21)26(5)20-24-15(2)12-16(3)25-20/h6-9,12-13,22H,10-11H2,1-5H3,(H2,21,23)/b18-13-. The van der Waals surface area contributed by atoms with Gasteiger partial charge in [-0.15, -0.1) is 0 Å². The zero-order valence-corrected chi connectivity index (χ0v) is 16.2. The van der Waals surface area contributed by atoms with E-state index in [-0.39, 0.29) is 0 Å². The lowest BCUT2D eigenvalue weighted by Gasteiger charge is -2.17. The van der Waals surface area contributed by atoms with Gasteiger partial charge in [-0.1, -0.05) is 24.3 Å². The monoisotopic (exact) mass is 352 g/mol. The molecule has 1 aromatic heterocycles. The van der Waals surface area contributed by atoms with Crippen molar-refractivity contribution in [2.75, 3.05) is 25.5 Å². The van der Waals surface area contributed by atoms with E-state index in [4.69, 9.17) is 5.73 Å². The van der Waals surface area contributed by atoms with Gasteiger partial charge >= 0.3 is 0 Å². The quantitative estimate of drug-likeness (QED) is 0.617. The Kier molecular flexibility index (Phi) is 6.72. The highest BCUT2D eigenvalue weighted by Gasteiger charge is 2.09. The molecule has 0 saturated heterocycles. The summed E-state index contributed by atoms with van der Waals surface area (Å²) in [7, 11) is 3.75. The molecule has 0 atom stereocenters. The second kappa shape index (κ2) is 8.99. The van der Waals surface area contributed by atoms with Gasteiger partial charge in [-0.05, 0) is 44.0 Å². The van der Waals surface area contributed by atoms with E-state index in [0.717, 1.165) is 23.5 Å². The lowest BCUT2D eigenvalue weighted by atomic mass is 10.1. The average molecular weight is 352 g/mol. The number of rotatable bonds is 6. The van der Waals surface area contributed by atoms with Crippen LogP contribution >= 0.6 is 0 Å². The van der Waals surface area contributed by atoms with Crippen molar-refractivity contribution in [3.8, 4) is 0 Å². The van der Waals surface area contributed by atoms with Gasteiger partial charge in [-0.25, -0.2) is 9.97 Å². The lowest BCUT2D eigenvalue weighted by Crippen LogP contribution is -2.35. The Labute approximate surface area is 155 Å². The molecule has 2 rings (SSSR count). The number of hydrogen-bond donors (Lipinski definition) is 2. The van der Waals surface area contributed by atoms with Gasteiger partial charge < -0.3 is 11.1 Å². The number of nitrogens with zero attached hydrogens (tertiary/aromatic N) is 4. The van der Waals surface area contributed by atoms with Gasteiger partial charge in [0.2, 0.25) is 5.95 Å². The molecule has 1 heterocycles. The van der Waals surface area contributed by atoms with Gasteiger partial charge in [0.05, 0.1) is 0 Å². The van der Waals surface area contributed by atoms with E-state index in [1.807, 2.05) is 46.1 Å². The molecule has 0 amide bonds. The predicted molar refractivity (Wildman–Crippen MR) is 109 cm³/mol. The van der Waals surface area contributed by atoms with Crippen molar-refractivity contribution < 1.29 is 0 Å². The number of anilines is 1. The molecule has 138 valence electrons. The summed E-state index contributed by atoms with van der Waals surface area (Å²) >= 11 is 0. The summed E-state index contributed by atoms with van der Waals surface area (Å²) < 4.78 is 0. The van der Waals surface area contributed by atoms with E-state index in [9.17, 15) is 0 Å². The highest BCUT2D eigenvalue weighted by Crippen LogP contribution is 2.13. The largest absolute Gasteiger partial charge is 0.391 e. The Balaban J connectivity index is 2.04. The maximum atomic E-state index is 6.11. The molecule has 0 bridgehead atoms. The number of aliphatic imine (C=N–C) groups is 1. The van der Waals surface area contributed by atoms with Crippen molar-refractivity contribution in [2.24, 2.45) is 10.7 Å². The third kappa shape index (κ3) is 5.31. The number of hydrogen-bond acceptors (Lipinski definition) is 4. The maximum absolute atomic E-state index is 6.11. The van der Waals surface area contributed by atoms with Gasteiger partial charge in [-0.3, -0.25) is 9.89 Å². The highest BCUT2D eigenvalue weighted by molar-refractivity contribution is 5.92. The van der Waals surface area contributed by atoms with Crippen LogP contribution in [0.3, 0.4) is 0 Å². The van der Waals surface area contributed by atoms with E-state index in [0.29, 0.717) is 18.5 Å². The van der Waals surface area contributed by atoms with Crippen LogP contribution in [0.2, 0.25) is 0 Å². The summed E-state index contributed by atoms with van der Waals surface area (Å²) in [6, 6.07) is 10.2. The third-order valence-corrected chi connectivity index (χ3v) is 4.11. The molecule has 6 nitrogen and oxygen atoms in total. The molecule has 0 spiro atoms. The molecule has 0 aliphatic heterocycles. The molecule has 2 aromatic rings. The van der Waals surface area contributed by atoms with Crippen molar-refractivity contribution >= 4 is 18.0 Å². The van der Waals surface area contributed by atoms with Crippen LogP contribution in [0.4, 0.5) is 5.95 Å². The molecule has 0 unspecified atom stereocenters. The van der Waals surface area contributed by atoms with Crippen LogP contribution in [0.1, 0.15) is 28.9 Å². The number of aryl methyl sites for hydroxylation is 3. The minimum Gasteiger partial charge on any atom is -0.391 e. The Morgan fingerprint density at radius 1 is 1.19 bits per heavy atom. The van der Waals surface area contributed by atoms with Crippen LogP contribution in [0, 0.1) is 20.8 Å². The van der Waals surface area contributed by atoms with E-state index < -0.39 is 0 Å². The molecule has 3 N–H and O–H groups in total. The van der Waals surface area contributed by atoms with Crippen LogP contribution in [0.5, 0.6) is 0 Å². The van der Waals surface area contributed by atoms with Crippen LogP contribution in [-0.4, -0.2) is 36.6 Å². The minimum atomic E-state index is 0.404. The van der Waals surface area contributed by atoms with E-state index >= 15 is 0 Å². The summed E-state index contributed by atoms with van der Waals surface area (Å²) in [5.41, 5.74) is 11.5. The Bertz CT molecular complexity index is 789.